The van der Waals surface area contributed by atoms with Crippen LogP contribution in [0.1, 0.15) is 27.7 Å². The number of nitrogens with zero attached hydrogens (tertiary/aromatic N) is 2. The molecule has 2 N–H and O–H groups in total. The van der Waals surface area contributed by atoms with Gasteiger partial charge in [-0.05, 0) is 27.7 Å². The Labute approximate surface area is 111 Å². The van der Waals surface area contributed by atoms with E-state index in [0.717, 1.165) is 6.20 Å². The number of nitrogens with two attached hydrogens (primary N) is 1. The molecule has 0 aliphatic carbocycles. The molecule has 0 aromatic carbocycles. The first-order valence-corrected chi connectivity index (χ1v) is 5.89. The van der Waals surface area contributed by atoms with Gasteiger partial charge in [0.2, 0.25) is 0 Å². The van der Waals surface area contributed by atoms with Gasteiger partial charge in [-0.3, -0.25) is 10.1 Å². The summed E-state index contributed by atoms with van der Waals surface area (Å²) in [5, 5.41) is 10.8. The van der Waals surface area contributed by atoms with Gasteiger partial charge < -0.3 is 15.0 Å². The Morgan fingerprint density at radius 1 is 1.32 bits per heavy atom. The maximum absolute atomic E-state index is 10.8. The highest BCUT2D eigenvalue weighted by atomic mass is 16.7. The third-order valence-electron chi connectivity index (χ3n) is 3.65. The monoisotopic (exact) mass is 265 g/mol. The first kappa shape index (κ1) is 13.8. The first-order valence-electron chi connectivity index (χ1n) is 5.89. The lowest BCUT2D eigenvalue weighted by Crippen LogP contribution is -2.41. The van der Waals surface area contributed by atoms with Crippen LogP contribution in [-0.2, 0) is 9.31 Å². The van der Waals surface area contributed by atoms with Crippen LogP contribution >= 0.6 is 0 Å². The summed E-state index contributed by atoms with van der Waals surface area (Å²) in [6, 6.07) is 1.34. The predicted octanol–water partition coefficient (Wildman–Crippen LogP) is 0.871. The molecule has 0 radical (unpaired) electrons. The Balaban J connectivity index is 2.39. The van der Waals surface area contributed by atoms with E-state index < -0.39 is 23.2 Å². The summed E-state index contributed by atoms with van der Waals surface area (Å²) < 4.78 is 11.6. The summed E-state index contributed by atoms with van der Waals surface area (Å²) in [6.45, 7) is 7.59. The van der Waals surface area contributed by atoms with Crippen molar-refractivity contribution in [3.63, 3.8) is 0 Å². The SMILES string of the molecule is CC1(C)OB(c2cc([N+](=O)[O-])cnc2N)OC1(C)C. The molecule has 0 atom stereocenters. The van der Waals surface area contributed by atoms with Crippen LogP contribution < -0.4 is 11.2 Å². The number of nitro groups is 1. The maximum atomic E-state index is 10.8. The Kier molecular flexibility index (Phi) is 3.02. The molecule has 0 bridgehead atoms. The lowest BCUT2D eigenvalue weighted by Gasteiger charge is -2.32. The molecule has 7 nitrogen and oxygen atoms in total. The fourth-order valence-electron chi connectivity index (χ4n) is 1.74. The molecule has 1 aromatic heterocycles. The van der Waals surface area contributed by atoms with Crippen LogP contribution in [0.25, 0.3) is 0 Å². The molecule has 0 amide bonds. The number of nitrogen functional groups attached to an aromatic ring is 1. The summed E-state index contributed by atoms with van der Waals surface area (Å²) in [4.78, 5) is 14.1. The molecule has 2 heterocycles. The largest absolute Gasteiger partial charge is 0.498 e. The molecule has 1 aliphatic heterocycles. The topological polar surface area (TPSA) is 101 Å². The number of pyridine rings is 1. The highest BCUT2D eigenvalue weighted by molar-refractivity contribution is 6.63. The number of anilines is 1. The van der Waals surface area contributed by atoms with Gasteiger partial charge in [0.25, 0.3) is 5.69 Å². The fraction of sp³-hybridized carbons (Fsp3) is 0.545. The van der Waals surface area contributed by atoms with Gasteiger partial charge in [0, 0.05) is 11.5 Å². The van der Waals surface area contributed by atoms with E-state index in [2.05, 4.69) is 4.98 Å². The predicted molar refractivity (Wildman–Crippen MR) is 71.0 cm³/mol. The van der Waals surface area contributed by atoms with E-state index in [-0.39, 0.29) is 11.5 Å². The molecule has 1 aromatic rings. The maximum Gasteiger partial charge on any atom is 0.498 e. The van der Waals surface area contributed by atoms with Gasteiger partial charge in [-0.15, -0.1) is 0 Å². The van der Waals surface area contributed by atoms with Crippen LogP contribution in [0.2, 0.25) is 0 Å². The molecular formula is C11H16BN3O4. The van der Waals surface area contributed by atoms with Crippen LogP contribution in [0, 0.1) is 10.1 Å². The fourth-order valence-corrected chi connectivity index (χ4v) is 1.74. The third kappa shape index (κ3) is 2.28. The molecular weight excluding hydrogens is 249 g/mol. The van der Waals surface area contributed by atoms with E-state index in [0.29, 0.717) is 5.46 Å². The Bertz CT molecular complexity index is 517. The lowest BCUT2D eigenvalue weighted by atomic mass is 9.79. The van der Waals surface area contributed by atoms with Gasteiger partial charge in [0.05, 0.1) is 16.1 Å². The number of hydrogen-bond donors (Lipinski definition) is 1. The van der Waals surface area contributed by atoms with E-state index in [4.69, 9.17) is 15.0 Å². The highest BCUT2D eigenvalue weighted by Crippen LogP contribution is 2.36. The quantitative estimate of drug-likeness (QED) is 0.483. The average Bonchev–Trinajstić information content (AvgIpc) is 2.48. The van der Waals surface area contributed by atoms with Crippen LogP contribution in [0.5, 0.6) is 0 Å². The summed E-state index contributed by atoms with van der Waals surface area (Å²) >= 11 is 0. The number of rotatable bonds is 2. The number of hydrogen-bond acceptors (Lipinski definition) is 6. The molecule has 1 aliphatic rings. The van der Waals surface area contributed by atoms with Crippen LogP contribution in [-0.4, -0.2) is 28.2 Å². The van der Waals surface area contributed by atoms with Crippen molar-refractivity contribution in [2.24, 2.45) is 0 Å². The van der Waals surface area contributed by atoms with Gasteiger partial charge >= 0.3 is 7.12 Å². The summed E-state index contributed by atoms with van der Waals surface area (Å²) in [6.07, 6.45) is 1.12. The van der Waals surface area contributed by atoms with E-state index in [1.807, 2.05) is 27.7 Å². The van der Waals surface area contributed by atoms with Crippen LogP contribution in [0.3, 0.4) is 0 Å². The molecule has 102 valence electrons. The standard InChI is InChI=1S/C11H16BN3O4/c1-10(2)11(3,4)19-12(18-10)8-5-7(15(16)17)6-14-9(8)13/h5-6H,1-4H3,(H2,13,14). The van der Waals surface area contributed by atoms with Gasteiger partial charge in [-0.2, -0.15) is 0 Å². The molecule has 1 saturated heterocycles. The van der Waals surface area contributed by atoms with Crippen LogP contribution in [0.4, 0.5) is 11.5 Å². The van der Waals surface area contributed by atoms with Crippen molar-refractivity contribution in [3.8, 4) is 0 Å². The highest BCUT2D eigenvalue weighted by Gasteiger charge is 2.52. The second kappa shape index (κ2) is 4.17. The van der Waals surface area contributed by atoms with Gasteiger partial charge in [0.1, 0.15) is 12.0 Å². The molecule has 8 heteroatoms. The molecule has 0 saturated carbocycles. The van der Waals surface area contributed by atoms with Gasteiger partial charge in [0.15, 0.2) is 0 Å². The lowest BCUT2D eigenvalue weighted by molar-refractivity contribution is -0.385. The smallest absolute Gasteiger partial charge is 0.399 e. The summed E-state index contributed by atoms with van der Waals surface area (Å²) in [7, 11) is -0.752. The van der Waals surface area contributed by atoms with Gasteiger partial charge in [-0.1, -0.05) is 0 Å². The van der Waals surface area contributed by atoms with Crippen molar-refractivity contribution in [2.45, 2.75) is 38.9 Å². The molecule has 19 heavy (non-hydrogen) atoms. The van der Waals surface area contributed by atoms with Crippen LogP contribution in [0.15, 0.2) is 12.3 Å². The summed E-state index contributed by atoms with van der Waals surface area (Å²) in [5.74, 6) is 0.170. The van der Waals surface area contributed by atoms with Crippen molar-refractivity contribution in [3.05, 3.63) is 22.4 Å². The zero-order valence-electron chi connectivity index (χ0n) is 11.3. The molecule has 0 unspecified atom stereocenters. The van der Waals surface area contributed by atoms with E-state index >= 15 is 0 Å². The minimum atomic E-state index is -0.752. The molecule has 0 spiro atoms. The Hall–Kier alpha value is -1.67. The zero-order chi connectivity index (χ0) is 14.4. The first-order chi connectivity index (χ1) is 8.64. The normalized spacial score (nSPS) is 20.5. The van der Waals surface area contributed by atoms with E-state index in [1.54, 1.807) is 0 Å². The second-order valence-corrected chi connectivity index (χ2v) is 5.51. The Morgan fingerprint density at radius 3 is 2.32 bits per heavy atom. The van der Waals surface area contributed by atoms with Crippen molar-refractivity contribution in [1.29, 1.82) is 0 Å². The number of aromatic nitrogens is 1. The molecule has 2 rings (SSSR count). The van der Waals surface area contributed by atoms with Gasteiger partial charge in [-0.25, -0.2) is 4.98 Å². The third-order valence-corrected chi connectivity index (χ3v) is 3.65. The minimum Gasteiger partial charge on any atom is -0.399 e. The van der Waals surface area contributed by atoms with E-state index in [1.165, 1.54) is 6.07 Å². The van der Waals surface area contributed by atoms with Crippen molar-refractivity contribution in [1.82, 2.24) is 4.98 Å². The Morgan fingerprint density at radius 2 is 1.84 bits per heavy atom. The van der Waals surface area contributed by atoms with Crippen molar-refractivity contribution < 1.29 is 14.2 Å². The minimum absolute atomic E-state index is 0.140. The zero-order valence-corrected chi connectivity index (χ0v) is 11.3. The van der Waals surface area contributed by atoms with Crippen molar-refractivity contribution >= 4 is 24.1 Å². The summed E-state index contributed by atoms with van der Waals surface area (Å²) in [5.41, 5.74) is 4.93. The second-order valence-electron chi connectivity index (χ2n) is 5.51. The van der Waals surface area contributed by atoms with E-state index in [9.17, 15) is 10.1 Å². The molecule has 1 fully saturated rings. The van der Waals surface area contributed by atoms with Crippen molar-refractivity contribution in [2.75, 3.05) is 5.73 Å². The average molecular weight is 265 g/mol.